The molecule has 19 heavy (non-hydrogen) atoms. The molecule has 4 heteroatoms. The number of ketones is 1. The minimum absolute atomic E-state index is 0.131. The summed E-state index contributed by atoms with van der Waals surface area (Å²) in [6.45, 7) is 3.08. The number of rotatable bonds is 4. The number of benzene rings is 1. The van der Waals surface area contributed by atoms with Gasteiger partial charge < -0.3 is 5.32 Å². The van der Waals surface area contributed by atoms with Gasteiger partial charge in [-0.25, -0.2) is 8.78 Å². The van der Waals surface area contributed by atoms with E-state index in [1.165, 1.54) is 6.07 Å². The normalized spacial score (nSPS) is 23.3. The van der Waals surface area contributed by atoms with E-state index in [4.69, 9.17) is 0 Å². The highest BCUT2D eigenvalue weighted by Gasteiger charge is 2.23. The summed E-state index contributed by atoms with van der Waals surface area (Å²) >= 11 is 0. The molecule has 1 N–H and O–H groups in total. The zero-order valence-electron chi connectivity index (χ0n) is 11.1. The molecule has 0 amide bonds. The third-order valence-corrected chi connectivity index (χ3v) is 3.85. The molecular formula is C15H19F2NO. The lowest BCUT2D eigenvalue weighted by Gasteiger charge is -2.29. The number of Topliss-reactive ketones (excluding diaryl/α,β-unsaturated/α-hetero) is 1. The minimum atomic E-state index is -0.964. The Bertz CT molecular complexity index is 461. The maximum Gasteiger partial charge on any atom is 0.164 e. The first kappa shape index (κ1) is 14.1. The van der Waals surface area contributed by atoms with Crippen molar-refractivity contribution in [2.45, 2.75) is 38.6 Å². The van der Waals surface area contributed by atoms with Gasteiger partial charge in [0, 0.05) is 18.0 Å². The Balaban J connectivity index is 1.98. The van der Waals surface area contributed by atoms with E-state index >= 15 is 0 Å². The van der Waals surface area contributed by atoms with Crippen LogP contribution in [-0.2, 0) is 0 Å². The number of carbonyl (C=O) groups is 1. The monoisotopic (exact) mass is 267 g/mol. The van der Waals surface area contributed by atoms with Crippen molar-refractivity contribution < 1.29 is 13.6 Å². The predicted molar refractivity (Wildman–Crippen MR) is 70.1 cm³/mol. The lowest BCUT2D eigenvalue weighted by molar-refractivity contribution is 0.0956. The van der Waals surface area contributed by atoms with Crippen LogP contribution in [-0.4, -0.2) is 18.4 Å². The molecule has 0 aromatic heterocycles. The van der Waals surface area contributed by atoms with Gasteiger partial charge in [0.2, 0.25) is 0 Å². The molecule has 104 valence electrons. The van der Waals surface area contributed by atoms with Crippen molar-refractivity contribution in [2.24, 2.45) is 5.92 Å². The van der Waals surface area contributed by atoms with Crippen molar-refractivity contribution in [2.75, 3.05) is 6.54 Å². The topological polar surface area (TPSA) is 29.1 Å². The molecule has 0 spiro atoms. The Kier molecular flexibility index (Phi) is 4.64. The molecule has 2 atom stereocenters. The van der Waals surface area contributed by atoms with Crippen LogP contribution in [0.25, 0.3) is 0 Å². The highest BCUT2D eigenvalue weighted by atomic mass is 19.2. The summed E-state index contributed by atoms with van der Waals surface area (Å²) in [5.74, 6) is -1.36. The largest absolute Gasteiger partial charge is 0.314 e. The molecule has 1 saturated heterocycles. The molecule has 2 nitrogen and oxygen atoms in total. The van der Waals surface area contributed by atoms with Gasteiger partial charge in [-0.15, -0.1) is 0 Å². The second-order valence-corrected chi connectivity index (χ2v) is 5.21. The van der Waals surface area contributed by atoms with Gasteiger partial charge in [-0.1, -0.05) is 13.3 Å². The SMILES string of the molecule is CCC1CCNC(CC(=O)c2ccc(F)c(F)c2)C1. The summed E-state index contributed by atoms with van der Waals surface area (Å²) < 4.78 is 25.9. The Labute approximate surface area is 112 Å². The molecule has 1 aromatic rings. The standard InChI is InChI=1S/C15H19F2NO/c1-2-10-5-6-18-12(7-10)9-15(19)11-3-4-13(16)14(17)8-11/h3-4,8,10,12,18H,2,5-7,9H2,1H3. The predicted octanol–water partition coefficient (Wildman–Crippen LogP) is 3.32. The Morgan fingerprint density at radius 3 is 2.84 bits per heavy atom. The smallest absolute Gasteiger partial charge is 0.164 e. The number of halogens is 2. The van der Waals surface area contributed by atoms with Crippen molar-refractivity contribution in [3.05, 3.63) is 35.4 Å². The molecule has 0 bridgehead atoms. The van der Waals surface area contributed by atoms with Crippen LogP contribution >= 0.6 is 0 Å². The average molecular weight is 267 g/mol. The van der Waals surface area contributed by atoms with Gasteiger partial charge >= 0.3 is 0 Å². The zero-order chi connectivity index (χ0) is 13.8. The van der Waals surface area contributed by atoms with Gasteiger partial charge in [0.15, 0.2) is 17.4 Å². The number of hydrogen-bond donors (Lipinski definition) is 1. The summed E-state index contributed by atoms with van der Waals surface area (Å²) in [7, 11) is 0. The first-order valence-corrected chi connectivity index (χ1v) is 6.81. The fraction of sp³-hybridized carbons (Fsp3) is 0.533. The molecular weight excluding hydrogens is 248 g/mol. The first-order valence-electron chi connectivity index (χ1n) is 6.81. The van der Waals surface area contributed by atoms with Gasteiger partial charge in [-0.2, -0.15) is 0 Å². The van der Waals surface area contributed by atoms with Crippen molar-refractivity contribution in [1.82, 2.24) is 5.32 Å². The van der Waals surface area contributed by atoms with Crippen LogP contribution in [0.3, 0.4) is 0 Å². The second kappa shape index (κ2) is 6.24. The molecule has 1 aromatic carbocycles. The fourth-order valence-corrected chi connectivity index (χ4v) is 2.63. The molecule has 1 fully saturated rings. The highest BCUT2D eigenvalue weighted by Crippen LogP contribution is 2.22. The summed E-state index contributed by atoms with van der Waals surface area (Å²) in [4.78, 5) is 12.0. The van der Waals surface area contributed by atoms with Gasteiger partial charge in [-0.05, 0) is 43.5 Å². The Hall–Kier alpha value is -1.29. The quantitative estimate of drug-likeness (QED) is 0.848. The lowest BCUT2D eigenvalue weighted by Crippen LogP contribution is -2.39. The Morgan fingerprint density at radius 2 is 2.16 bits per heavy atom. The van der Waals surface area contributed by atoms with Gasteiger partial charge in [0.25, 0.3) is 0 Å². The van der Waals surface area contributed by atoms with E-state index in [1.807, 2.05) is 0 Å². The number of piperidine rings is 1. The highest BCUT2D eigenvalue weighted by molar-refractivity contribution is 5.96. The number of carbonyl (C=O) groups excluding carboxylic acids is 1. The first-order chi connectivity index (χ1) is 9.10. The van der Waals surface area contributed by atoms with Crippen molar-refractivity contribution >= 4 is 5.78 Å². The molecule has 2 unspecified atom stereocenters. The van der Waals surface area contributed by atoms with E-state index < -0.39 is 11.6 Å². The van der Waals surface area contributed by atoms with Gasteiger partial charge in [0.05, 0.1) is 0 Å². The van der Waals surface area contributed by atoms with E-state index in [1.54, 1.807) is 0 Å². The van der Waals surface area contributed by atoms with Crippen LogP contribution < -0.4 is 5.32 Å². The molecule has 0 saturated carbocycles. The third-order valence-electron chi connectivity index (χ3n) is 3.85. The molecule has 0 radical (unpaired) electrons. The van der Waals surface area contributed by atoms with Crippen LogP contribution in [0.1, 0.15) is 43.0 Å². The molecule has 1 aliphatic rings. The van der Waals surface area contributed by atoms with E-state index in [0.717, 1.165) is 37.9 Å². The van der Waals surface area contributed by atoms with Crippen molar-refractivity contribution in [3.63, 3.8) is 0 Å². The van der Waals surface area contributed by atoms with E-state index in [2.05, 4.69) is 12.2 Å². The van der Waals surface area contributed by atoms with Crippen LogP contribution in [0.15, 0.2) is 18.2 Å². The molecule has 2 rings (SSSR count). The minimum Gasteiger partial charge on any atom is -0.314 e. The van der Waals surface area contributed by atoms with Crippen LogP contribution in [0, 0.1) is 17.6 Å². The molecule has 1 aliphatic heterocycles. The van der Waals surface area contributed by atoms with Gasteiger partial charge in [-0.3, -0.25) is 4.79 Å². The van der Waals surface area contributed by atoms with E-state index in [-0.39, 0.29) is 17.4 Å². The summed E-state index contributed by atoms with van der Waals surface area (Å²) in [5.41, 5.74) is 0.249. The third kappa shape index (κ3) is 3.60. The molecule has 1 heterocycles. The summed E-state index contributed by atoms with van der Waals surface area (Å²) in [6.07, 6.45) is 3.59. The average Bonchev–Trinajstić information content (AvgIpc) is 2.42. The van der Waals surface area contributed by atoms with E-state index in [9.17, 15) is 13.6 Å². The second-order valence-electron chi connectivity index (χ2n) is 5.21. The van der Waals surface area contributed by atoms with Crippen LogP contribution in [0.4, 0.5) is 8.78 Å². The fourth-order valence-electron chi connectivity index (χ4n) is 2.63. The number of nitrogens with one attached hydrogen (secondary N) is 1. The van der Waals surface area contributed by atoms with Crippen molar-refractivity contribution in [3.8, 4) is 0 Å². The lowest BCUT2D eigenvalue weighted by atomic mass is 9.87. The van der Waals surface area contributed by atoms with E-state index in [0.29, 0.717) is 12.3 Å². The Morgan fingerprint density at radius 1 is 1.37 bits per heavy atom. The molecule has 0 aliphatic carbocycles. The summed E-state index contributed by atoms with van der Waals surface area (Å²) in [5, 5.41) is 3.32. The van der Waals surface area contributed by atoms with Gasteiger partial charge in [0.1, 0.15) is 0 Å². The van der Waals surface area contributed by atoms with Crippen molar-refractivity contribution in [1.29, 1.82) is 0 Å². The van der Waals surface area contributed by atoms with Crippen LogP contribution in [0.2, 0.25) is 0 Å². The summed E-state index contributed by atoms with van der Waals surface area (Å²) in [6, 6.07) is 3.49. The van der Waals surface area contributed by atoms with Crippen LogP contribution in [0.5, 0.6) is 0 Å². The maximum absolute atomic E-state index is 13.1. The maximum atomic E-state index is 13.1. The number of hydrogen-bond acceptors (Lipinski definition) is 2. The zero-order valence-corrected chi connectivity index (χ0v) is 11.1.